The summed E-state index contributed by atoms with van der Waals surface area (Å²) in [5.74, 6) is -3.91. The molecule has 0 spiro atoms. The van der Waals surface area contributed by atoms with Crippen LogP contribution in [0.5, 0.6) is 0 Å². The van der Waals surface area contributed by atoms with Crippen molar-refractivity contribution < 1.29 is 43.3 Å². The molecular weight excluding hydrogens is 685 g/mol. The standard InChI is InChI=1S/C40H56N2O9S/c1-24(50-38(2,3)4)34(36(46)47)42-35(45)25(23-52-40(8,9)10)21-32(43)31(19-20-33(44)51-39(5,6)7)41-37(48)49-22-30-28-17-13-11-15-26(28)27-16-12-14-18-29(27)30/h11-18,24-25,30-31,34H,19-23H2,1-10H3,(H,41,48)(H,42,45)(H,46,47)/t24-,25+,31+,34+/m1/s1. The van der Waals surface area contributed by atoms with Gasteiger partial charge in [0.05, 0.1) is 23.7 Å². The van der Waals surface area contributed by atoms with Gasteiger partial charge in [0.15, 0.2) is 11.8 Å². The molecule has 2 aromatic carbocycles. The van der Waals surface area contributed by atoms with Gasteiger partial charge in [-0.1, -0.05) is 69.3 Å². The third kappa shape index (κ3) is 13.3. The maximum absolute atomic E-state index is 14.0. The second kappa shape index (κ2) is 17.7. The van der Waals surface area contributed by atoms with Crippen LogP contribution in [-0.2, 0) is 33.4 Å². The van der Waals surface area contributed by atoms with E-state index in [1.807, 2.05) is 69.3 Å². The first-order chi connectivity index (χ1) is 24.0. The summed E-state index contributed by atoms with van der Waals surface area (Å²) >= 11 is 1.45. The number of aliphatic carboxylic acids is 1. The summed E-state index contributed by atoms with van der Waals surface area (Å²) in [6.45, 7) is 18.0. The van der Waals surface area contributed by atoms with Crippen LogP contribution >= 0.6 is 11.8 Å². The smallest absolute Gasteiger partial charge is 0.407 e. The number of ketones is 1. The normalized spacial score (nSPS) is 15.3. The molecule has 3 N–H and O–H groups in total. The van der Waals surface area contributed by atoms with Crippen LogP contribution in [0, 0.1) is 5.92 Å². The van der Waals surface area contributed by atoms with Gasteiger partial charge in [-0.05, 0) is 77.1 Å². The van der Waals surface area contributed by atoms with Crippen molar-refractivity contribution in [2.45, 2.75) is 129 Å². The van der Waals surface area contributed by atoms with Crippen LogP contribution in [0.4, 0.5) is 4.79 Å². The van der Waals surface area contributed by atoms with E-state index in [2.05, 4.69) is 10.6 Å². The Hall–Kier alpha value is -3.90. The summed E-state index contributed by atoms with van der Waals surface area (Å²) in [4.78, 5) is 66.0. The van der Waals surface area contributed by atoms with E-state index < -0.39 is 65.0 Å². The molecule has 0 radical (unpaired) electrons. The zero-order valence-corrected chi connectivity index (χ0v) is 33.0. The topological polar surface area (TPSA) is 157 Å². The molecule has 286 valence electrons. The summed E-state index contributed by atoms with van der Waals surface area (Å²) in [6.07, 6.45) is -2.29. The van der Waals surface area contributed by atoms with E-state index in [1.54, 1.807) is 48.5 Å². The van der Waals surface area contributed by atoms with Crippen LogP contribution in [-0.4, -0.2) is 81.3 Å². The van der Waals surface area contributed by atoms with Gasteiger partial charge in [-0.3, -0.25) is 14.4 Å². The molecule has 2 aromatic rings. The number of hydrogen-bond donors (Lipinski definition) is 3. The maximum Gasteiger partial charge on any atom is 0.407 e. The number of Topliss-reactive ketones (excluding diaryl/α,β-unsaturated/α-hetero) is 1. The first-order valence-corrected chi connectivity index (χ1v) is 18.7. The van der Waals surface area contributed by atoms with E-state index in [9.17, 15) is 29.1 Å². The van der Waals surface area contributed by atoms with Gasteiger partial charge in [0.25, 0.3) is 0 Å². The summed E-state index contributed by atoms with van der Waals surface area (Å²) in [5, 5.41) is 15.2. The molecule has 0 saturated carbocycles. The summed E-state index contributed by atoms with van der Waals surface area (Å²) in [6, 6.07) is 13.3. The van der Waals surface area contributed by atoms with Crippen molar-refractivity contribution in [1.29, 1.82) is 0 Å². The zero-order chi connectivity index (χ0) is 39.0. The van der Waals surface area contributed by atoms with Gasteiger partial charge >= 0.3 is 18.0 Å². The van der Waals surface area contributed by atoms with E-state index in [-0.39, 0.29) is 42.3 Å². The van der Waals surface area contributed by atoms with Gasteiger partial charge < -0.3 is 30.0 Å². The number of benzene rings is 2. The number of ether oxygens (including phenoxy) is 3. The molecule has 2 amide bonds. The number of thioether (sulfide) groups is 1. The van der Waals surface area contributed by atoms with Crippen LogP contribution in [0.1, 0.15) is 106 Å². The third-order valence-corrected chi connectivity index (χ3v) is 9.63. The molecule has 11 nitrogen and oxygen atoms in total. The highest BCUT2D eigenvalue weighted by atomic mass is 32.2. The van der Waals surface area contributed by atoms with E-state index in [4.69, 9.17) is 14.2 Å². The van der Waals surface area contributed by atoms with E-state index in [0.29, 0.717) is 0 Å². The Morgan fingerprint density at radius 3 is 1.88 bits per heavy atom. The van der Waals surface area contributed by atoms with Crippen molar-refractivity contribution in [2.75, 3.05) is 12.4 Å². The van der Waals surface area contributed by atoms with Gasteiger partial charge in [0, 0.05) is 29.3 Å². The molecule has 12 heteroatoms. The highest BCUT2D eigenvalue weighted by Gasteiger charge is 2.36. The SMILES string of the molecule is C[C@@H](OC(C)(C)C)[C@H](NC(=O)[C@H](CSC(C)(C)C)CC(=O)[C@H](CCC(=O)OC(C)(C)C)NC(=O)OCC1c2ccccc2-c2ccccc21)C(=O)O. The van der Waals surface area contributed by atoms with Crippen molar-refractivity contribution in [3.8, 4) is 11.1 Å². The second-order valence-electron chi connectivity index (χ2n) is 16.2. The molecule has 0 unspecified atom stereocenters. The van der Waals surface area contributed by atoms with Crippen LogP contribution in [0.3, 0.4) is 0 Å². The number of nitrogens with one attached hydrogen (secondary N) is 2. The lowest BCUT2D eigenvalue weighted by Crippen LogP contribution is -2.52. The Bertz CT molecular complexity index is 1540. The summed E-state index contributed by atoms with van der Waals surface area (Å²) < 4.78 is 16.7. The van der Waals surface area contributed by atoms with Gasteiger partial charge in [0.2, 0.25) is 5.91 Å². The molecule has 0 saturated heterocycles. The number of carbonyl (C=O) groups is 5. The molecule has 0 heterocycles. The van der Waals surface area contributed by atoms with Gasteiger partial charge in [-0.15, -0.1) is 0 Å². The molecule has 0 bridgehead atoms. The fraction of sp³-hybridized carbons (Fsp3) is 0.575. The van der Waals surface area contributed by atoms with Crippen molar-refractivity contribution in [3.63, 3.8) is 0 Å². The second-order valence-corrected chi connectivity index (χ2v) is 18.0. The molecule has 0 fully saturated rings. The van der Waals surface area contributed by atoms with Crippen molar-refractivity contribution in [3.05, 3.63) is 59.7 Å². The molecular formula is C40H56N2O9S. The predicted octanol–water partition coefficient (Wildman–Crippen LogP) is 6.90. The number of fused-ring (bicyclic) bond motifs is 3. The van der Waals surface area contributed by atoms with Crippen molar-refractivity contribution in [1.82, 2.24) is 10.6 Å². The van der Waals surface area contributed by atoms with E-state index >= 15 is 0 Å². The Kier molecular flexibility index (Phi) is 14.5. The molecule has 52 heavy (non-hydrogen) atoms. The van der Waals surface area contributed by atoms with Crippen molar-refractivity contribution in [2.24, 2.45) is 5.92 Å². The van der Waals surface area contributed by atoms with E-state index in [1.165, 1.54) is 11.8 Å². The van der Waals surface area contributed by atoms with Crippen LogP contribution in [0.15, 0.2) is 48.5 Å². The Balaban J connectivity index is 1.81. The Morgan fingerprint density at radius 1 is 0.827 bits per heavy atom. The lowest BCUT2D eigenvalue weighted by atomic mass is 9.96. The number of carbonyl (C=O) groups excluding carboxylic acids is 4. The minimum atomic E-state index is -1.37. The quantitative estimate of drug-likeness (QED) is 0.155. The molecule has 1 aliphatic carbocycles. The lowest BCUT2D eigenvalue weighted by molar-refractivity contribution is -0.155. The largest absolute Gasteiger partial charge is 0.480 e. The third-order valence-electron chi connectivity index (χ3n) is 8.19. The number of esters is 1. The fourth-order valence-corrected chi connectivity index (χ4v) is 6.96. The minimum Gasteiger partial charge on any atom is -0.480 e. The van der Waals surface area contributed by atoms with Gasteiger partial charge in [-0.2, -0.15) is 11.8 Å². The van der Waals surface area contributed by atoms with Crippen LogP contribution in [0.25, 0.3) is 11.1 Å². The number of carboxylic acids is 1. The average Bonchev–Trinajstić information content (AvgIpc) is 3.33. The van der Waals surface area contributed by atoms with Crippen LogP contribution < -0.4 is 10.6 Å². The molecule has 3 rings (SSSR count). The molecule has 1 aliphatic rings. The first-order valence-electron chi connectivity index (χ1n) is 17.8. The number of rotatable bonds is 16. The first kappa shape index (κ1) is 42.5. The number of hydrogen-bond acceptors (Lipinski definition) is 9. The fourth-order valence-electron chi connectivity index (χ4n) is 5.99. The molecule has 0 aliphatic heterocycles. The number of amides is 2. The number of alkyl carbamates (subject to hydrolysis) is 1. The highest BCUT2D eigenvalue weighted by Crippen LogP contribution is 2.44. The minimum absolute atomic E-state index is 0.0193. The van der Waals surface area contributed by atoms with Crippen LogP contribution in [0.2, 0.25) is 0 Å². The average molecular weight is 741 g/mol. The molecule has 4 atom stereocenters. The summed E-state index contributed by atoms with van der Waals surface area (Å²) in [5.41, 5.74) is 2.78. The van der Waals surface area contributed by atoms with Gasteiger partial charge in [0.1, 0.15) is 12.2 Å². The summed E-state index contributed by atoms with van der Waals surface area (Å²) in [7, 11) is 0. The van der Waals surface area contributed by atoms with Gasteiger partial charge in [-0.25, -0.2) is 9.59 Å². The number of carboxylic acid groups (broad SMARTS) is 1. The van der Waals surface area contributed by atoms with E-state index in [0.717, 1.165) is 22.3 Å². The monoisotopic (exact) mass is 740 g/mol. The predicted molar refractivity (Wildman–Crippen MR) is 202 cm³/mol. The molecule has 0 aromatic heterocycles. The Labute approximate surface area is 312 Å². The van der Waals surface area contributed by atoms with Crippen molar-refractivity contribution >= 4 is 41.5 Å². The zero-order valence-electron chi connectivity index (χ0n) is 32.2. The Morgan fingerprint density at radius 2 is 1.38 bits per heavy atom. The lowest BCUT2D eigenvalue weighted by Gasteiger charge is -2.30. The maximum atomic E-state index is 14.0. The highest BCUT2D eigenvalue weighted by molar-refractivity contribution is 8.00.